The second-order valence-electron chi connectivity index (χ2n) is 9.69. The van der Waals surface area contributed by atoms with E-state index < -0.39 is 0 Å². The second kappa shape index (κ2) is 20.7. The van der Waals surface area contributed by atoms with E-state index in [1.54, 1.807) is 26.0 Å². The van der Waals surface area contributed by atoms with Crippen molar-refractivity contribution in [2.45, 2.75) is 130 Å². The minimum absolute atomic E-state index is 0.0496. The lowest BCUT2D eigenvalue weighted by atomic mass is 10.0. The Balaban J connectivity index is 1.90. The summed E-state index contributed by atoms with van der Waals surface area (Å²) in [5.74, 6) is -0.717. The molecule has 5 nitrogen and oxygen atoms in total. The van der Waals surface area contributed by atoms with Gasteiger partial charge in [-0.2, -0.15) is 0 Å². The first-order valence-corrected chi connectivity index (χ1v) is 13.9. The number of allylic oxidation sites excluding steroid dienone is 2. The van der Waals surface area contributed by atoms with Crippen molar-refractivity contribution in [3.8, 4) is 0 Å². The van der Waals surface area contributed by atoms with E-state index in [2.05, 4.69) is 6.92 Å². The van der Waals surface area contributed by atoms with Crippen LogP contribution in [0.3, 0.4) is 0 Å². The molecular formula is C29H50O5. The third-order valence-corrected chi connectivity index (χ3v) is 6.26. The molecule has 1 atom stereocenters. The van der Waals surface area contributed by atoms with Crippen molar-refractivity contribution in [2.24, 2.45) is 0 Å². The molecule has 1 aliphatic rings. The van der Waals surface area contributed by atoms with Crippen LogP contribution in [0.25, 0.3) is 0 Å². The predicted octanol–water partition coefficient (Wildman–Crippen LogP) is 7.63. The van der Waals surface area contributed by atoms with E-state index in [1.807, 2.05) is 0 Å². The average Bonchev–Trinajstić information content (AvgIpc) is 3.67. The van der Waals surface area contributed by atoms with Crippen LogP contribution in [0.2, 0.25) is 0 Å². The van der Waals surface area contributed by atoms with Gasteiger partial charge in [-0.3, -0.25) is 0 Å². The summed E-state index contributed by atoms with van der Waals surface area (Å²) in [6.07, 6.45) is 24.4. The third kappa shape index (κ3) is 17.8. The Bertz CT molecular complexity index is 604. The van der Waals surface area contributed by atoms with Crippen molar-refractivity contribution < 1.29 is 23.8 Å². The van der Waals surface area contributed by atoms with Gasteiger partial charge in [-0.1, -0.05) is 115 Å². The minimum atomic E-state index is -0.388. The standard InChI is InChI=1S/C29H50O5/c1-4-5-6-7-8-9-10-11-12-13-14-15-16-17-18-19-22-32-28(30)25(2)20-21-26(3)29(31)34-24-27-23-33-27/h20-21,27H,4-19,22-24H2,1-3H3/b25-20+,26-21+. The predicted molar refractivity (Wildman–Crippen MR) is 139 cm³/mol. The highest BCUT2D eigenvalue weighted by atomic mass is 16.6. The number of carbonyl (C=O) groups excluding carboxylic acids is 2. The first-order valence-electron chi connectivity index (χ1n) is 13.9. The van der Waals surface area contributed by atoms with Crippen molar-refractivity contribution in [3.63, 3.8) is 0 Å². The molecule has 1 unspecified atom stereocenters. The summed E-state index contributed by atoms with van der Waals surface area (Å²) in [6, 6.07) is 0. The number of esters is 2. The molecule has 34 heavy (non-hydrogen) atoms. The van der Waals surface area contributed by atoms with Gasteiger partial charge in [0.1, 0.15) is 12.7 Å². The van der Waals surface area contributed by atoms with Crippen LogP contribution in [-0.2, 0) is 23.8 Å². The highest BCUT2D eigenvalue weighted by Crippen LogP contribution is 2.14. The van der Waals surface area contributed by atoms with Gasteiger partial charge in [0.25, 0.3) is 0 Å². The van der Waals surface area contributed by atoms with Crippen LogP contribution in [0.1, 0.15) is 124 Å². The van der Waals surface area contributed by atoms with Crippen LogP contribution in [0.15, 0.2) is 23.3 Å². The molecule has 1 aliphatic heterocycles. The van der Waals surface area contributed by atoms with Gasteiger partial charge < -0.3 is 14.2 Å². The lowest BCUT2D eigenvalue weighted by molar-refractivity contribution is -0.140. The summed E-state index contributed by atoms with van der Waals surface area (Å²) < 4.78 is 15.5. The maximum absolute atomic E-state index is 12.1. The molecule has 1 rings (SSSR count). The maximum Gasteiger partial charge on any atom is 0.333 e. The molecule has 196 valence electrons. The molecule has 0 amide bonds. The van der Waals surface area contributed by atoms with E-state index in [1.165, 1.54) is 89.9 Å². The fraction of sp³-hybridized carbons (Fsp3) is 0.793. The number of hydrogen-bond acceptors (Lipinski definition) is 5. The Morgan fingerprint density at radius 1 is 0.676 bits per heavy atom. The zero-order valence-electron chi connectivity index (χ0n) is 22.2. The van der Waals surface area contributed by atoms with E-state index in [4.69, 9.17) is 14.2 Å². The van der Waals surface area contributed by atoms with E-state index in [-0.39, 0.29) is 24.6 Å². The number of hydrogen-bond donors (Lipinski definition) is 0. The molecule has 0 aliphatic carbocycles. The van der Waals surface area contributed by atoms with E-state index in [0.29, 0.717) is 24.4 Å². The van der Waals surface area contributed by atoms with Gasteiger partial charge in [-0.05, 0) is 20.3 Å². The lowest BCUT2D eigenvalue weighted by Gasteiger charge is -2.06. The van der Waals surface area contributed by atoms with Gasteiger partial charge in [-0.25, -0.2) is 9.59 Å². The van der Waals surface area contributed by atoms with Crippen LogP contribution in [0.5, 0.6) is 0 Å². The molecule has 1 saturated heterocycles. The molecule has 0 aromatic heterocycles. The summed E-state index contributed by atoms with van der Waals surface area (Å²) in [5, 5.41) is 0. The summed E-state index contributed by atoms with van der Waals surface area (Å²) in [5.41, 5.74) is 0.930. The Morgan fingerprint density at radius 3 is 1.47 bits per heavy atom. The molecule has 0 radical (unpaired) electrons. The van der Waals surface area contributed by atoms with Crippen molar-refractivity contribution >= 4 is 11.9 Å². The summed E-state index contributed by atoms with van der Waals surface area (Å²) in [6.45, 7) is 7.03. The van der Waals surface area contributed by atoms with Crippen LogP contribution < -0.4 is 0 Å². The monoisotopic (exact) mass is 478 g/mol. The molecule has 5 heteroatoms. The number of rotatable bonds is 22. The molecule has 0 spiro atoms. The van der Waals surface area contributed by atoms with Gasteiger partial charge in [-0.15, -0.1) is 0 Å². The average molecular weight is 479 g/mol. The van der Waals surface area contributed by atoms with Crippen LogP contribution in [0.4, 0.5) is 0 Å². The quantitative estimate of drug-likeness (QED) is 0.0526. The Morgan fingerprint density at radius 2 is 1.06 bits per heavy atom. The van der Waals surface area contributed by atoms with Gasteiger partial charge in [0.2, 0.25) is 0 Å². The van der Waals surface area contributed by atoms with Crippen LogP contribution >= 0.6 is 0 Å². The molecule has 1 heterocycles. The summed E-state index contributed by atoms with van der Waals surface area (Å²) in [4.78, 5) is 23.9. The molecule has 0 aromatic rings. The zero-order valence-corrected chi connectivity index (χ0v) is 22.2. The van der Waals surface area contributed by atoms with Gasteiger partial charge in [0, 0.05) is 11.1 Å². The second-order valence-corrected chi connectivity index (χ2v) is 9.69. The Labute approximate surface area is 208 Å². The van der Waals surface area contributed by atoms with Crippen LogP contribution in [-0.4, -0.2) is 37.9 Å². The maximum atomic E-state index is 12.1. The first-order chi connectivity index (χ1) is 16.5. The first kappa shape index (κ1) is 30.4. The third-order valence-electron chi connectivity index (χ3n) is 6.26. The summed E-state index contributed by atoms with van der Waals surface area (Å²) in [7, 11) is 0. The van der Waals surface area contributed by atoms with Gasteiger partial charge in [0.05, 0.1) is 13.2 Å². The van der Waals surface area contributed by atoms with Gasteiger partial charge >= 0.3 is 11.9 Å². The minimum Gasteiger partial charge on any atom is -0.462 e. The number of carbonyl (C=O) groups is 2. The molecule has 0 saturated carbocycles. The SMILES string of the molecule is CCCCCCCCCCCCCCCCCCOC(=O)/C(C)=C/C=C(\C)C(=O)OCC1CO1. The normalized spacial score (nSPS) is 15.9. The molecular weight excluding hydrogens is 428 g/mol. The van der Waals surface area contributed by atoms with Crippen molar-refractivity contribution in [1.29, 1.82) is 0 Å². The topological polar surface area (TPSA) is 65.1 Å². The van der Waals surface area contributed by atoms with E-state index in [9.17, 15) is 9.59 Å². The summed E-state index contributed by atoms with van der Waals surface area (Å²) >= 11 is 0. The highest BCUT2D eigenvalue weighted by molar-refractivity contribution is 5.90. The number of epoxide rings is 1. The lowest BCUT2D eigenvalue weighted by Crippen LogP contribution is -2.10. The van der Waals surface area contributed by atoms with E-state index >= 15 is 0 Å². The Kier molecular flexibility index (Phi) is 18.5. The van der Waals surface area contributed by atoms with Crippen molar-refractivity contribution in [2.75, 3.05) is 19.8 Å². The largest absolute Gasteiger partial charge is 0.462 e. The fourth-order valence-electron chi connectivity index (χ4n) is 3.76. The van der Waals surface area contributed by atoms with Crippen LogP contribution in [0, 0.1) is 0 Å². The zero-order chi connectivity index (χ0) is 24.9. The molecule has 0 bridgehead atoms. The fourth-order valence-corrected chi connectivity index (χ4v) is 3.76. The molecule has 0 N–H and O–H groups in total. The van der Waals surface area contributed by atoms with E-state index in [0.717, 1.165) is 12.8 Å². The smallest absolute Gasteiger partial charge is 0.333 e. The number of ether oxygens (including phenoxy) is 3. The molecule has 0 aromatic carbocycles. The van der Waals surface area contributed by atoms with Gasteiger partial charge in [0.15, 0.2) is 0 Å². The molecule has 1 fully saturated rings. The van der Waals surface area contributed by atoms with Crippen molar-refractivity contribution in [3.05, 3.63) is 23.3 Å². The number of unbranched alkanes of at least 4 members (excludes halogenated alkanes) is 15. The highest BCUT2D eigenvalue weighted by Gasteiger charge is 2.24. The Hall–Kier alpha value is -1.62. The van der Waals surface area contributed by atoms with Crippen molar-refractivity contribution in [1.82, 2.24) is 0 Å².